The molecule has 0 aliphatic carbocycles. The zero-order valence-electron chi connectivity index (χ0n) is 12.1. The number of halogens is 3. The molecule has 126 valence electrons. The first-order chi connectivity index (χ1) is 11.8. The molecule has 1 amide bonds. The Morgan fingerprint density at radius 3 is 2.68 bits per heavy atom. The Morgan fingerprint density at radius 1 is 1.24 bits per heavy atom. The fraction of sp³-hybridized carbons (Fsp3) is 0.0667. The standard InChI is InChI=1S/C15H7F3N4O3/c16-15(17,18)11-8(14(24)25)4-20-22(11)9-5-19-12-10-6(9)2-1-3-7(10)13(23)21-12/h1-5H,(H,24,25)(H,19,21,23). The number of carboxylic acids is 1. The highest BCUT2D eigenvalue weighted by atomic mass is 19.4. The van der Waals surface area contributed by atoms with Crippen LogP contribution < -0.4 is 5.32 Å². The summed E-state index contributed by atoms with van der Waals surface area (Å²) in [6.07, 6.45) is -3.19. The van der Waals surface area contributed by atoms with Crippen molar-refractivity contribution in [1.29, 1.82) is 0 Å². The van der Waals surface area contributed by atoms with Gasteiger partial charge in [-0.05, 0) is 6.07 Å². The van der Waals surface area contributed by atoms with Crippen LogP contribution >= 0.6 is 0 Å². The summed E-state index contributed by atoms with van der Waals surface area (Å²) in [6, 6.07) is 4.56. The maximum Gasteiger partial charge on any atom is 0.434 e. The van der Waals surface area contributed by atoms with Crippen LogP contribution in [-0.2, 0) is 6.18 Å². The van der Waals surface area contributed by atoms with E-state index in [-0.39, 0.29) is 17.1 Å². The minimum absolute atomic E-state index is 0.0723. The van der Waals surface area contributed by atoms with Gasteiger partial charge in [0.15, 0.2) is 5.69 Å². The van der Waals surface area contributed by atoms with Gasteiger partial charge >= 0.3 is 12.1 Å². The summed E-state index contributed by atoms with van der Waals surface area (Å²) in [7, 11) is 0. The van der Waals surface area contributed by atoms with Gasteiger partial charge < -0.3 is 10.4 Å². The van der Waals surface area contributed by atoms with Crippen LogP contribution in [0.15, 0.2) is 30.6 Å². The van der Waals surface area contributed by atoms with Crippen LogP contribution in [0, 0.1) is 0 Å². The van der Waals surface area contributed by atoms with Crippen molar-refractivity contribution >= 4 is 28.5 Å². The van der Waals surface area contributed by atoms with Gasteiger partial charge in [-0.15, -0.1) is 0 Å². The van der Waals surface area contributed by atoms with Crippen molar-refractivity contribution in [3.8, 4) is 5.69 Å². The topological polar surface area (TPSA) is 97.1 Å². The first-order valence-electron chi connectivity index (χ1n) is 6.91. The lowest BCUT2D eigenvalue weighted by Crippen LogP contribution is -2.17. The molecule has 0 saturated heterocycles. The summed E-state index contributed by atoms with van der Waals surface area (Å²) in [4.78, 5) is 27.0. The Morgan fingerprint density at radius 2 is 2.00 bits per heavy atom. The van der Waals surface area contributed by atoms with Crippen molar-refractivity contribution in [2.45, 2.75) is 6.18 Å². The Balaban J connectivity index is 2.07. The van der Waals surface area contributed by atoms with Gasteiger partial charge in [-0.2, -0.15) is 18.3 Å². The second-order valence-electron chi connectivity index (χ2n) is 5.30. The number of hydrogen-bond donors (Lipinski definition) is 2. The smallest absolute Gasteiger partial charge is 0.434 e. The SMILES string of the molecule is O=C(O)c1cnn(-c2cnc3c4c(cccc24)C(=O)N3)c1C(F)(F)F. The molecule has 3 heterocycles. The summed E-state index contributed by atoms with van der Waals surface area (Å²) in [6.45, 7) is 0. The molecule has 1 aromatic carbocycles. The summed E-state index contributed by atoms with van der Waals surface area (Å²) in [5.41, 5.74) is -2.18. The van der Waals surface area contributed by atoms with Crippen LogP contribution in [0.5, 0.6) is 0 Å². The number of hydrogen-bond acceptors (Lipinski definition) is 4. The third-order valence-electron chi connectivity index (χ3n) is 3.87. The first-order valence-corrected chi connectivity index (χ1v) is 6.91. The number of aromatic carboxylic acids is 1. The fourth-order valence-corrected chi connectivity index (χ4v) is 2.87. The number of anilines is 1. The number of nitrogens with zero attached hydrogens (tertiary/aromatic N) is 3. The predicted octanol–water partition coefficient (Wildman–Crippen LogP) is 2.70. The van der Waals surface area contributed by atoms with E-state index < -0.39 is 29.3 Å². The molecule has 10 heteroatoms. The molecule has 0 saturated carbocycles. The van der Waals surface area contributed by atoms with E-state index in [0.717, 1.165) is 6.20 Å². The van der Waals surface area contributed by atoms with Gasteiger partial charge in [0.25, 0.3) is 5.91 Å². The summed E-state index contributed by atoms with van der Waals surface area (Å²) in [5, 5.41) is 15.8. The van der Waals surface area contributed by atoms with Gasteiger partial charge in [0.1, 0.15) is 11.4 Å². The Kier molecular flexibility index (Phi) is 2.89. The number of benzene rings is 1. The number of carbonyl (C=O) groups excluding carboxylic acids is 1. The van der Waals surface area contributed by atoms with Crippen molar-refractivity contribution in [1.82, 2.24) is 14.8 Å². The summed E-state index contributed by atoms with van der Waals surface area (Å²) < 4.78 is 40.7. The highest BCUT2D eigenvalue weighted by molar-refractivity contribution is 6.23. The number of pyridine rings is 1. The monoisotopic (exact) mass is 348 g/mol. The second-order valence-corrected chi connectivity index (χ2v) is 5.30. The molecule has 25 heavy (non-hydrogen) atoms. The molecule has 1 aliphatic heterocycles. The van der Waals surface area contributed by atoms with E-state index in [1.165, 1.54) is 18.2 Å². The molecule has 1 aliphatic rings. The highest BCUT2D eigenvalue weighted by Crippen LogP contribution is 2.38. The van der Waals surface area contributed by atoms with Gasteiger partial charge in [-0.3, -0.25) is 4.79 Å². The van der Waals surface area contributed by atoms with E-state index in [1.54, 1.807) is 0 Å². The van der Waals surface area contributed by atoms with Gasteiger partial charge in [-0.1, -0.05) is 12.1 Å². The fourth-order valence-electron chi connectivity index (χ4n) is 2.87. The third kappa shape index (κ3) is 2.07. The van der Waals surface area contributed by atoms with E-state index >= 15 is 0 Å². The maximum absolute atomic E-state index is 13.4. The molecule has 3 aromatic rings. The molecule has 0 atom stereocenters. The van der Waals surface area contributed by atoms with Crippen molar-refractivity contribution in [2.24, 2.45) is 0 Å². The molecule has 0 fully saturated rings. The summed E-state index contributed by atoms with van der Waals surface area (Å²) in [5.74, 6) is -1.92. The number of carbonyl (C=O) groups is 2. The van der Waals surface area contributed by atoms with Gasteiger partial charge in [-0.25, -0.2) is 14.5 Å². The van der Waals surface area contributed by atoms with E-state index in [9.17, 15) is 22.8 Å². The average Bonchev–Trinajstić information content (AvgIpc) is 3.11. The number of alkyl halides is 3. The number of carboxylic acid groups (broad SMARTS) is 1. The molecule has 7 nitrogen and oxygen atoms in total. The van der Waals surface area contributed by atoms with Gasteiger partial charge in [0.05, 0.1) is 23.6 Å². The lowest BCUT2D eigenvalue weighted by Gasteiger charge is -2.13. The molecule has 0 radical (unpaired) electrons. The molecule has 0 unspecified atom stereocenters. The van der Waals surface area contributed by atoms with Crippen molar-refractivity contribution < 1.29 is 27.9 Å². The number of aromatic nitrogens is 3. The minimum atomic E-state index is -4.94. The molecule has 0 bridgehead atoms. The molecule has 2 N–H and O–H groups in total. The molecule has 2 aromatic heterocycles. The highest BCUT2D eigenvalue weighted by Gasteiger charge is 2.41. The van der Waals surface area contributed by atoms with Crippen LogP contribution in [0.25, 0.3) is 16.5 Å². The lowest BCUT2D eigenvalue weighted by molar-refractivity contribution is -0.143. The Labute approximate surface area is 136 Å². The second kappa shape index (κ2) is 4.79. The molecule has 4 rings (SSSR count). The van der Waals surface area contributed by atoms with E-state index in [4.69, 9.17) is 5.11 Å². The van der Waals surface area contributed by atoms with E-state index in [2.05, 4.69) is 15.4 Å². The largest absolute Gasteiger partial charge is 0.478 e. The maximum atomic E-state index is 13.4. The molecular formula is C15H7F3N4O3. The average molecular weight is 348 g/mol. The van der Waals surface area contributed by atoms with Gasteiger partial charge in [0.2, 0.25) is 0 Å². The summed E-state index contributed by atoms with van der Waals surface area (Å²) >= 11 is 0. The predicted molar refractivity (Wildman–Crippen MR) is 78.8 cm³/mol. The Hall–Kier alpha value is -3.43. The quantitative estimate of drug-likeness (QED) is 0.742. The van der Waals surface area contributed by atoms with Crippen molar-refractivity contribution in [3.05, 3.63) is 47.4 Å². The Bertz CT molecular complexity index is 1070. The first kappa shape index (κ1) is 15.1. The minimum Gasteiger partial charge on any atom is -0.478 e. The lowest BCUT2D eigenvalue weighted by atomic mass is 10.1. The van der Waals surface area contributed by atoms with Crippen LogP contribution in [0.3, 0.4) is 0 Å². The zero-order valence-corrected chi connectivity index (χ0v) is 12.1. The number of nitrogens with one attached hydrogen (secondary N) is 1. The molecular weight excluding hydrogens is 341 g/mol. The molecule has 0 spiro atoms. The zero-order chi connectivity index (χ0) is 17.9. The van der Waals surface area contributed by atoms with Crippen LogP contribution in [0.2, 0.25) is 0 Å². The van der Waals surface area contributed by atoms with Crippen molar-refractivity contribution in [2.75, 3.05) is 5.32 Å². The van der Waals surface area contributed by atoms with Crippen LogP contribution in [0.1, 0.15) is 26.4 Å². The number of rotatable bonds is 2. The normalized spacial score (nSPS) is 13.3. The number of amides is 1. The van der Waals surface area contributed by atoms with Gasteiger partial charge in [0, 0.05) is 10.8 Å². The van der Waals surface area contributed by atoms with Crippen molar-refractivity contribution in [3.63, 3.8) is 0 Å². The van der Waals surface area contributed by atoms with Crippen LogP contribution in [0.4, 0.5) is 19.0 Å². The van der Waals surface area contributed by atoms with Crippen LogP contribution in [-0.4, -0.2) is 31.7 Å². The van der Waals surface area contributed by atoms with E-state index in [1.807, 2.05) is 0 Å². The third-order valence-corrected chi connectivity index (χ3v) is 3.87. The van der Waals surface area contributed by atoms with E-state index in [0.29, 0.717) is 21.7 Å².